The van der Waals surface area contributed by atoms with Crippen LogP contribution < -0.4 is 0 Å². The number of nitrogens with zero attached hydrogens (tertiary/aromatic N) is 2. The fourth-order valence-corrected chi connectivity index (χ4v) is 2.54. The molecule has 106 valence electrons. The predicted molar refractivity (Wildman–Crippen MR) is 72.5 cm³/mol. The molecule has 4 nitrogen and oxygen atoms in total. The number of carbonyl (C=O) groups excluding carboxylic acids is 2. The Hall–Kier alpha value is -2.15. The van der Waals surface area contributed by atoms with E-state index in [0.29, 0.717) is 0 Å². The zero-order valence-corrected chi connectivity index (χ0v) is 12.0. The Morgan fingerprint density at radius 2 is 1.81 bits per heavy atom. The smallest absolute Gasteiger partial charge is 0.268 e. The first-order valence-electron chi connectivity index (χ1n) is 5.93. The van der Waals surface area contributed by atoms with Crippen molar-refractivity contribution < 1.29 is 18.4 Å². The number of fused-ring (bicyclic) bond motifs is 1. The number of halogens is 3. The van der Waals surface area contributed by atoms with Gasteiger partial charge in [-0.2, -0.15) is 0 Å². The van der Waals surface area contributed by atoms with Crippen LogP contribution in [0.25, 0.3) is 0 Å². The summed E-state index contributed by atoms with van der Waals surface area (Å²) in [5, 5.41) is 0. The van der Waals surface area contributed by atoms with Crippen LogP contribution >= 0.6 is 15.9 Å². The first kappa shape index (κ1) is 13.8. The molecule has 2 aromatic rings. The molecule has 0 aliphatic carbocycles. The van der Waals surface area contributed by atoms with Gasteiger partial charge in [-0.15, -0.1) is 0 Å². The van der Waals surface area contributed by atoms with E-state index in [-0.39, 0.29) is 21.3 Å². The molecule has 0 fully saturated rings. The van der Waals surface area contributed by atoms with Crippen molar-refractivity contribution in [3.8, 4) is 0 Å². The van der Waals surface area contributed by atoms with Gasteiger partial charge in [0.25, 0.3) is 11.8 Å². The van der Waals surface area contributed by atoms with Gasteiger partial charge in [0, 0.05) is 16.2 Å². The fraction of sp³-hybridized carbons (Fsp3) is 0.0714. The van der Waals surface area contributed by atoms with Crippen molar-refractivity contribution in [1.29, 1.82) is 0 Å². The number of pyridine rings is 1. The lowest BCUT2D eigenvalue weighted by atomic mass is 10.2. The van der Waals surface area contributed by atoms with Crippen molar-refractivity contribution in [1.82, 2.24) is 9.88 Å². The lowest BCUT2D eigenvalue weighted by Crippen LogP contribution is -2.30. The van der Waals surface area contributed by atoms with Crippen molar-refractivity contribution >= 4 is 27.7 Å². The van der Waals surface area contributed by atoms with Gasteiger partial charge in [-0.1, -0.05) is 15.9 Å². The largest absolute Gasteiger partial charge is 0.280 e. The standard InChI is InChI=1S/C14H7BrF2N2O2/c15-7-4-10(16)9(11(17)5-7)6-19-13(20)8-2-1-3-18-12(8)14(19)21/h1-5H,6H2. The number of aromatic nitrogens is 1. The van der Waals surface area contributed by atoms with E-state index in [1.807, 2.05) is 0 Å². The van der Waals surface area contributed by atoms with Gasteiger partial charge in [0.15, 0.2) is 0 Å². The van der Waals surface area contributed by atoms with Crippen LogP contribution in [0.15, 0.2) is 34.9 Å². The second kappa shape index (κ2) is 5.00. The van der Waals surface area contributed by atoms with E-state index in [2.05, 4.69) is 20.9 Å². The Bertz CT molecular complexity index is 721. The molecule has 2 heterocycles. The number of carbonyl (C=O) groups is 2. The Morgan fingerprint density at radius 3 is 2.43 bits per heavy atom. The third-order valence-electron chi connectivity index (χ3n) is 3.15. The zero-order chi connectivity index (χ0) is 15.1. The molecular weight excluding hydrogens is 346 g/mol. The molecule has 7 heteroatoms. The van der Waals surface area contributed by atoms with E-state index in [1.165, 1.54) is 18.3 Å². The predicted octanol–water partition coefficient (Wildman–Crippen LogP) is 2.92. The number of hydrogen-bond donors (Lipinski definition) is 0. The topological polar surface area (TPSA) is 50.3 Å². The average Bonchev–Trinajstić information content (AvgIpc) is 2.67. The van der Waals surface area contributed by atoms with Crippen molar-refractivity contribution in [3.05, 3.63) is 63.4 Å². The zero-order valence-electron chi connectivity index (χ0n) is 10.4. The highest BCUT2D eigenvalue weighted by Gasteiger charge is 2.37. The molecule has 0 spiro atoms. The minimum Gasteiger partial charge on any atom is -0.268 e. The Balaban J connectivity index is 1.98. The van der Waals surface area contributed by atoms with Crippen LogP contribution in [0.4, 0.5) is 8.78 Å². The SMILES string of the molecule is O=C1c2cccnc2C(=O)N1Cc1c(F)cc(Br)cc1F. The van der Waals surface area contributed by atoms with Crippen LogP contribution in [0.5, 0.6) is 0 Å². The fourth-order valence-electron chi connectivity index (χ4n) is 2.14. The van der Waals surface area contributed by atoms with E-state index in [1.54, 1.807) is 0 Å². The molecule has 0 N–H and O–H groups in total. The molecular formula is C14H7BrF2N2O2. The van der Waals surface area contributed by atoms with Gasteiger partial charge in [0.2, 0.25) is 0 Å². The summed E-state index contributed by atoms with van der Waals surface area (Å²) >= 11 is 2.97. The molecule has 0 saturated heterocycles. The highest BCUT2D eigenvalue weighted by Crippen LogP contribution is 2.26. The van der Waals surface area contributed by atoms with E-state index in [4.69, 9.17) is 0 Å². The number of hydrogen-bond acceptors (Lipinski definition) is 3. The maximum Gasteiger partial charge on any atom is 0.280 e. The van der Waals surface area contributed by atoms with Gasteiger partial charge in [-0.05, 0) is 24.3 Å². The normalized spacial score (nSPS) is 13.8. The lowest BCUT2D eigenvalue weighted by Gasteiger charge is -2.14. The minimum atomic E-state index is -0.827. The first-order chi connectivity index (χ1) is 9.99. The Morgan fingerprint density at radius 1 is 1.14 bits per heavy atom. The molecule has 0 atom stereocenters. The number of amides is 2. The van der Waals surface area contributed by atoms with Crippen LogP contribution in [-0.4, -0.2) is 21.7 Å². The Labute approximate surface area is 126 Å². The Kier molecular flexibility index (Phi) is 3.29. The number of benzene rings is 1. The van der Waals surface area contributed by atoms with Crippen LogP contribution in [0.1, 0.15) is 26.4 Å². The summed E-state index contributed by atoms with van der Waals surface area (Å²) in [5.74, 6) is -2.92. The monoisotopic (exact) mass is 352 g/mol. The highest BCUT2D eigenvalue weighted by molar-refractivity contribution is 9.10. The summed E-state index contributed by atoms with van der Waals surface area (Å²) in [7, 11) is 0. The summed E-state index contributed by atoms with van der Waals surface area (Å²) < 4.78 is 27.9. The number of imide groups is 1. The second-order valence-electron chi connectivity index (χ2n) is 4.44. The van der Waals surface area contributed by atoms with Gasteiger partial charge < -0.3 is 0 Å². The van der Waals surface area contributed by atoms with E-state index in [9.17, 15) is 18.4 Å². The molecule has 0 bridgehead atoms. The van der Waals surface area contributed by atoms with Gasteiger partial charge in [0.1, 0.15) is 17.3 Å². The summed E-state index contributed by atoms with van der Waals surface area (Å²) in [6.45, 7) is -0.473. The quantitative estimate of drug-likeness (QED) is 0.781. The maximum absolute atomic E-state index is 13.8. The van der Waals surface area contributed by atoms with Crippen LogP contribution in [0.3, 0.4) is 0 Å². The molecule has 1 aromatic heterocycles. The van der Waals surface area contributed by atoms with E-state index >= 15 is 0 Å². The average molecular weight is 353 g/mol. The van der Waals surface area contributed by atoms with Crippen molar-refractivity contribution in [2.24, 2.45) is 0 Å². The molecule has 0 unspecified atom stereocenters. The van der Waals surface area contributed by atoms with Crippen molar-refractivity contribution in [2.75, 3.05) is 0 Å². The third kappa shape index (κ3) is 2.23. The lowest BCUT2D eigenvalue weighted by molar-refractivity contribution is 0.0637. The highest BCUT2D eigenvalue weighted by atomic mass is 79.9. The van der Waals surface area contributed by atoms with Gasteiger partial charge in [-0.3, -0.25) is 19.5 Å². The van der Waals surface area contributed by atoms with Crippen LogP contribution in [-0.2, 0) is 6.54 Å². The summed E-state index contributed by atoms with van der Waals surface area (Å²) in [4.78, 5) is 28.8. The summed E-state index contributed by atoms with van der Waals surface area (Å²) in [6.07, 6.45) is 1.38. The molecule has 0 saturated carbocycles. The molecule has 1 aliphatic rings. The molecule has 0 radical (unpaired) electrons. The molecule has 21 heavy (non-hydrogen) atoms. The maximum atomic E-state index is 13.8. The molecule has 3 rings (SSSR count). The van der Waals surface area contributed by atoms with Gasteiger partial charge in [0.05, 0.1) is 12.1 Å². The molecule has 2 amide bonds. The number of rotatable bonds is 2. The van der Waals surface area contributed by atoms with E-state index < -0.39 is 30.0 Å². The minimum absolute atomic E-state index is 0.000396. The second-order valence-corrected chi connectivity index (χ2v) is 5.36. The van der Waals surface area contributed by atoms with Crippen molar-refractivity contribution in [2.45, 2.75) is 6.54 Å². The third-order valence-corrected chi connectivity index (χ3v) is 3.61. The van der Waals surface area contributed by atoms with E-state index in [0.717, 1.165) is 17.0 Å². The first-order valence-corrected chi connectivity index (χ1v) is 6.73. The summed E-state index contributed by atoms with van der Waals surface area (Å²) in [6, 6.07) is 5.13. The van der Waals surface area contributed by atoms with Crippen molar-refractivity contribution in [3.63, 3.8) is 0 Å². The van der Waals surface area contributed by atoms with Crippen LogP contribution in [0.2, 0.25) is 0 Å². The molecule has 1 aliphatic heterocycles. The molecule has 1 aromatic carbocycles. The summed E-state index contributed by atoms with van der Waals surface area (Å²) in [5.41, 5.74) is -0.200. The van der Waals surface area contributed by atoms with Gasteiger partial charge >= 0.3 is 0 Å². The van der Waals surface area contributed by atoms with Crippen LogP contribution in [0, 0.1) is 11.6 Å². The van der Waals surface area contributed by atoms with Gasteiger partial charge in [-0.25, -0.2) is 8.78 Å².